The standard InChI is InChI=1S/C22H20N4O3/c1-3-20(29-22(28)14-8-9-17-19(11-14)24-12-23-17)21(27)26-18-10-13(2)25-16-7-5-4-6-15(16)18/h4-12,20H,3H2,1-2H3,(H,23,24)(H,25,26,27). The van der Waals surface area contributed by atoms with Crippen LogP contribution in [0.2, 0.25) is 0 Å². The van der Waals surface area contributed by atoms with E-state index in [-0.39, 0.29) is 5.91 Å². The molecule has 4 aromatic rings. The summed E-state index contributed by atoms with van der Waals surface area (Å²) in [6.45, 7) is 3.66. The first-order valence-electron chi connectivity index (χ1n) is 9.36. The van der Waals surface area contributed by atoms with Crippen molar-refractivity contribution in [1.82, 2.24) is 15.0 Å². The molecule has 2 aromatic heterocycles. The van der Waals surface area contributed by atoms with Gasteiger partial charge in [-0.25, -0.2) is 9.78 Å². The van der Waals surface area contributed by atoms with Gasteiger partial charge in [0, 0.05) is 11.1 Å². The first-order valence-corrected chi connectivity index (χ1v) is 9.36. The summed E-state index contributed by atoms with van der Waals surface area (Å²) in [5.74, 6) is -0.932. The molecule has 2 heterocycles. The third kappa shape index (κ3) is 3.80. The Morgan fingerprint density at radius 1 is 1.14 bits per heavy atom. The molecular weight excluding hydrogens is 368 g/mol. The number of hydrogen-bond acceptors (Lipinski definition) is 5. The maximum atomic E-state index is 12.8. The van der Waals surface area contributed by atoms with Crippen LogP contribution in [0.15, 0.2) is 54.9 Å². The molecule has 0 radical (unpaired) electrons. The Hall–Kier alpha value is -3.74. The number of nitrogens with zero attached hydrogens (tertiary/aromatic N) is 2. The van der Waals surface area contributed by atoms with Gasteiger partial charge in [0.05, 0.1) is 34.1 Å². The van der Waals surface area contributed by atoms with E-state index in [0.29, 0.717) is 17.7 Å². The third-order valence-electron chi connectivity index (χ3n) is 4.67. The number of aryl methyl sites for hydroxylation is 1. The lowest BCUT2D eigenvalue weighted by Gasteiger charge is -2.17. The van der Waals surface area contributed by atoms with Crippen LogP contribution in [0.4, 0.5) is 5.69 Å². The molecule has 0 saturated heterocycles. The quantitative estimate of drug-likeness (QED) is 0.504. The van der Waals surface area contributed by atoms with Crippen molar-refractivity contribution < 1.29 is 14.3 Å². The predicted molar refractivity (Wildman–Crippen MR) is 111 cm³/mol. The number of hydrogen-bond donors (Lipinski definition) is 2. The summed E-state index contributed by atoms with van der Waals surface area (Å²) in [5, 5.41) is 3.72. The fourth-order valence-electron chi connectivity index (χ4n) is 3.21. The highest BCUT2D eigenvalue weighted by molar-refractivity contribution is 6.04. The number of carbonyl (C=O) groups is 2. The number of benzene rings is 2. The van der Waals surface area contributed by atoms with Crippen LogP contribution in [0.1, 0.15) is 29.4 Å². The van der Waals surface area contributed by atoms with Crippen LogP contribution in [-0.4, -0.2) is 32.9 Å². The highest BCUT2D eigenvalue weighted by atomic mass is 16.5. The number of anilines is 1. The molecular formula is C22H20N4O3. The summed E-state index contributed by atoms with van der Waals surface area (Å²) in [4.78, 5) is 36.9. The van der Waals surface area contributed by atoms with E-state index in [1.807, 2.05) is 31.2 Å². The molecule has 0 aliphatic heterocycles. The molecule has 1 unspecified atom stereocenters. The topological polar surface area (TPSA) is 97.0 Å². The van der Waals surface area contributed by atoms with E-state index in [2.05, 4.69) is 20.3 Å². The van der Waals surface area contributed by atoms with Gasteiger partial charge in [-0.05, 0) is 43.7 Å². The van der Waals surface area contributed by atoms with Gasteiger partial charge in [-0.1, -0.05) is 25.1 Å². The number of nitrogens with one attached hydrogen (secondary N) is 2. The molecule has 0 spiro atoms. The van der Waals surface area contributed by atoms with Crippen molar-refractivity contribution in [2.75, 3.05) is 5.32 Å². The van der Waals surface area contributed by atoms with Crippen molar-refractivity contribution in [2.45, 2.75) is 26.4 Å². The molecule has 1 amide bonds. The maximum absolute atomic E-state index is 12.8. The average molecular weight is 388 g/mol. The van der Waals surface area contributed by atoms with Crippen LogP contribution in [0.5, 0.6) is 0 Å². The van der Waals surface area contributed by atoms with Crippen molar-refractivity contribution in [3.8, 4) is 0 Å². The van der Waals surface area contributed by atoms with Gasteiger partial charge in [-0.3, -0.25) is 9.78 Å². The zero-order valence-corrected chi connectivity index (χ0v) is 16.1. The fourth-order valence-corrected chi connectivity index (χ4v) is 3.21. The minimum absolute atomic E-state index is 0.353. The second-order valence-electron chi connectivity index (χ2n) is 6.75. The number of carbonyl (C=O) groups excluding carboxylic acids is 2. The predicted octanol–water partition coefficient (Wildman–Crippen LogP) is 3.99. The Labute approximate surface area is 167 Å². The molecule has 7 nitrogen and oxygen atoms in total. The van der Waals surface area contributed by atoms with Crippen LogP contribution < -0.4 is 5.32 Å². The monoisotopic (exact) mass is 388 g/mol. The van der Waals surface area contributed by atoms with Gasteiger partial charge >= 0.3 is 5.97 Å². The molecule has 2 N–H and O–H groups in total. The zero-order valence-electron chi connectivity index (χ0n) is 16.1. The van der Waals surface area contributed by atoms with Crippen molar-refractivity contribution >= 4 is 39.5 Å². The van der Waals surface area contributed by atoms with Gasteiger partial charge in [-0.2, -0.15) is 0 Å². The summed E-state index contributed by atoms with van der Waals surface area (Å²) in [7, 11) is 0. The second kappa shape index (κ2) is 7.71. The van der Waals surface area contributed by atoms with Crippen molar-refractivity contribution in [2.24, 2.45) is 0 Å². The average Bonchev–Trinajstić information content (AvgIpc) is 3.19. The molecule has 7 heteroatoms. The highest BCUT2D eigenvalue weighted by Crippen LogP contribution is 2.23. The normalized spacial score (nSPS) is 12.1. The number of ether oxygens (including phenoxy) is 1. The number of aromatic amines is 1. The van der Waals surface area contributed by atoms with E-state index in [4.69, 9.17) is 4.74 Å². The number of pyridine rings is 1. The number of aromatic nitrogens is 3. The molecule has 29 heavy (non-hydrogen) atoms. The number of para-hydroxylation sites is 1. The van der Waals surface area contributed by atoms with E-state index in [9.17, 15) is 9.59 Å². The molecule has 0 bridgehead atoms. The van der Waals surface area contributed by atoms with Crippen molar-refractivity contribution in [3.63, 3.8) is 0 Å². The van der Waals surface area contributed by atoms with Crippen LogP contribution in [0.25, 0.3) is 21.9 Å². The van der Waals surface area contributed by atoms with E-state index in [1.165, 1.54) is 0 Å². The number of esters is 1. The van der Waals surface area contributed by atoms with E-state index < -0.39 is 12.1 Å². The van der Waals surface area contributed by atoms with Crippen LogP contribution in [-0.2, 0) is 9.53 Å². The highest BCUT2D eigenvalue weighted by Gasteiger charge is 2.23. The van der Waals surface area contributed by atoms with Crippen LogP contribution in [0, 0.1) is 6.92 Å². The van der Waals surface area contributed by atoms with Gasteiger partial charge < -0.3 is 15.0 Å². The molecule has 0 saturated carbocycles. The van der Waals surface area contributed by atoms with Gasteiger partial charge in [0.1, 0.15) is 0 Å². The number of fused-ring (bicyclic) bond motifs is 2. The van der Waals surface area contributed by atoms with Crippen LogP contribution >= 0.6 is 0 Å². The van der Waals surface area contributed by atoms with E-state index in [1.54, 1.807) is 37.5 Å². The Morgan fingerprint density at radius 3 is 2.79 bits per heavy atom. The molecule has 0 fully saturated rings. The Kier molecular flexibility index (Phi) is 4.95. The lowest BCUT2D eigenvalue weighted by atomic mass is 10.1. The third-order valence-corrected chi connectivity index (χ3v) is 4.67. The van der Waals surface area contributed by atoms with Gasteiger partial charge in [-0.15, -0.1) is 0 Å². The summed E-state index contributed by atoms with van der Waals surface area (Å²) in [6.07, 6.45) is 1.00. The van der Waals surface area contributed by atoms with Gasteiger partial charge in [0.15, 0.2) is 6.10 Å². The molecule has 0 aliphatic rings. The smallest absolute Gasteiger partial charge is 0.338 e. The summed E-state index contributed by atoms with van der Waals surface area (Å²) >= 11 is 0. The number of imidazole rings is 1. The number of H-pyrrole nitrogens is 1. The minimum Gasteiger partial charge on any atom is -0.449 e. The first-order chi connectivity index (χ1) is 14.0. The lowest BCUT2D eigenvalue weighted by Crippen LogP contribution is -2.32. The maximum Gasteiger partial charge on any atom is 0.338 e. The Bertz CT molecular complexity index is 1220. The second-order valence-corrected chi connectivity index (χ2v) is 6.75. The first kappa shape index (κ1) is 18.6. The number of amides is 1. The molecule has 0 aliphatic carbocycles. The number of rotatable bonds is 5. The largest absolute Gasteiger partial charge is 0.449 e. The van der Waals surface area contributed by atoms with E-state index >= 15 is 0 Å². The zero-order chi connectivity index (χ0) is 20.4. The van der Waals surface area contributed by atoms with Gasteiger partial charge in [0.25, 0.3) is 5.91 Å². The van der Waals surface area contributed by atoms with E-state index in [0.717, 1.165) is 27.6 Å². The Morgan fingerprint density at radius 2 is 1.97 bits per heavy atom. The SMILES string of the molecule is CCC(OC(=O)c1ccc2nc[nH]c2c1)C(=O)Nc1cc(C)nc2ccccc12. The molecule has 4 rings (SSSR count). The van der Waals surface area contributed by atoms with Crippen molar-refractivity contribution in [1.29, 1.82) is 0 Å². The Balaban J connectivity index is 1.53. The summed E-state index contributed by atoms with van der Waals surface area (Å²) in [6, 6.07) is 14.4. The summed E-state index contributed by atoms with van der Waals surface area (Å²) in [5.41, 5.74) is 4.07. The van der Waals surface area contributed by atoms with Gasteiger partial charge in [0.2, 0.25) is 0 Å². The summed E-state index contributed by atoms with van der Waals surface area (Å²) < 4.78 is 5.49. The fraction of sp³-hybridized carbons (Fsp3) is 0.182. The molecule has 2 aromatic carbocycles. The molecule has 1 atom stereocenters. The van der Waals surface area contributed by atoms with Crippen LogP contribution in [0.3, 0.4) is 0 Å². The molecule has 146 valence electrons. The van der Waals surface area contributed by atoms with Crippen molar-refractivity contribution in [3.05, 3.63) is 66.1 Å². The minimum atomic E-state index is -0.910. The lowest BCUT2D eigenvalue weighted by molar-refractivity contribution is -0.124.